The van der Waals surface area contributed by atoms with Gasteiger partial charge in [0.2, 0.25) is 0 Å². The highest BCUT2D eigenvalue weighted by Gasteiger charge is 2.50. The number of amides is 1. The maximum absolute atomic E-state index is 15.1. The van der Waals surface area contributed by atoms with Crippen molar-refractivity contribution >= 4 is 44.0 Å². The average Bonchev–Trinajstić information content (AvgIpc) is 3.97. The van der Waals surface area contributed by atoms with E-state index in [-0.39, 0.29) is 75.5 Å². The number of anilines is 2. The molecule has 2 saturated carbocycles. The van der Waals surface area contributed by atoms with Gasteiger partial charge in [0.1, 0.15) is 29.9 Å². The van der Waals surface area contributed by atoms with Crippen LogP contribution in [0, 0.1) is 27.3 Å². The molecule has 0 bridgehead atoms. The van der Waals surface area contributed by atoms with Crippen LogP contribution in [0.2, 0.25) is 0 Å². The zero-order valence-electron chi connectivity index (χ0n) is 40.8. The van der Waals surface area contributed by atoms with Gasteiger partial charge in [-0.05, 0) is 105 Å². The smallest absolute Gasteiger partial charge is 0.297 e. The molecule has 72 heavy (non-hydrogen) atoms. The Hall–Kier alpha value is -6.02. The van der Waals surface area contributed by atoms with Crippen LogP contribution in [0.1, 0.15) is 112 Å². The molecule has 2 aromatic heterocycles. The third-order valence-corrected chi connectivity index (χ3v) is 17.6. The van der Waals surface area contributed by atoms with Crippen LogP contribution in [0.25, 0.3) is 11.0 Å². The Morgan fingerprint density at radius 3 is 2.49 bits per heavy atom. The molecule has 382 valence electrons. The molecule has 19 heteroatoms. The van der Waals surface area contributed by atoms with E-state index < -0.39 is 42.9 Å². The zero-order chi connectivity index (χ0) is 50.1. The van der Waals surface area contributed by atoms with E-state index in [0.29, 0.717) is 56.8 Å². The fraction of sp³-hybridized carbons (Fsp3) is 0.509. The lowest BCUT2D eigenvalue weighted by molar-refractivity contribution is -0.384. The molecule has 5 fully saturated rings. The summed E-state index contributed by atoms with van der Waals surface area (Å²) in [4.78, 5) is 37.9. The fourth-order valence-corrected chi connectivity index (χ4v) is 13.1. The monoisotopic (exact) mass is 1010 g/mol. The van der Waals surface area contributed by atoms with Gasteiger partial charge in [0.15, 0.2) is 17.2 Å². The second-order valence-corrected chi connectivity index (χ2v) is 23.3. The summed E-state index contributed by atoms with van der Waals surface area (Å²) in [6.45, 7) is 10.7. The SMILES string of the molecule is CC(C)c1ccccc1[C@@H]1CCC[C@@H]1N1CC2(CCN(c3ccc(C(=O)NS(=O)(=O)c4cc5c(c([N+](=O)[O-])c4)N[C@@H]([C@H]4CC[C@](C)(O)CC4)CO5)c(Oc4cc5c(F)c[nH]c5nc4OC4COC4)c3)CC2)C1. The number of piperidine rings is 1. The lowest BCUT2D eigenvalue weighted by Crippen LogP contribution is -2.63. The number of H-pyrrole nitrogens is 1. The molecule has 3 aromatic carbocycles. The van der Waals surface area contributed by atoms with Gasteiger partial charge in [0.05, 0.1) is 45.6 Å². The number of rotatable bonds is 13. The highest BCUT2D eigenvalue weighted by molar-refractivity contribution is 7.90. The van der Waals surface area contributed by atoms with Gasteiger partial charge in [0, 0.05) is 68.4 Å². The van der Waals surface area contributed by atoms with E-state index >= 15 is 4.39 Å². The van der Waals surface area contributed by atoms with Gasteiger partial charge < -0.3 is 39.3 Å². The van der Waals surface area contributed by atoms with Crippen LogP contribution in [0.5, 0.6) is 23.1 Å². The van der Waals surface area contributed by atoms with Gasteiger partial charge in [0.25, 0.3) is 27.5 Å². The van der Waals surface area contributed by atoms with Crippen LogP contribution in [-0.4, -0.2) is 109 Å². The molecule has 2 aliphatic carbocycles. The summed E-state index contributed by atoms with van der Waals surface area (Å²) >= 11 is 0. The maximum atomic E-state index is 15.1. The second-order valence-electron chi connectivity index (χ2n) is 21.6. The van der Waals surface area contributed by atoms with Crippen LogP contribution in [0.15, 0.2) is 71.8 Å². The highest BCUT2D eigenvalue weighted by atomic mass is 32.2. The molecule has 6 heterocycles. The minimum Gasteiger partial charge on any atom is -0.489 e. The Bertz CT molecular complexity index is 3010. The van der Waals surface area contributed by atoms with E-state index in [2.05, 4.69) is 67.9 Å². The number of benzene rings is 3. The van der Waals surface area contributed by atoms with Crippen molar-refractivity contribution in [3.8, 4) is 23.1 Å². The summed E-state index contributed by atoms with van der Waals surface area (Å²) in [5.41, 5.74) is 2.66. The van der Waals surface area contributed by atoms with Crippen LogP contribution in [-0.2, 0) is 14.8 Å². The average molecular weight is 1010 g/mol. The second kappa shape index (κ2) is 18.8. The first-order chi connectivity index (χ1) is 34.5. The number of aromatic amines is 1. The van der Waals surface area contributed by atoms with Crippen molar-refractivity contribution in [3.63, 3.8) is 0 Å². The van der Waals surface area contributed by atoms with E-state index in [1.54, 1.807) is 19.1 Å². The van der Waals surface area contributed by atoms with Crippen LogP contribution >= 0.6 is 0 Å². The number of fused-ring (bicyclic) bond motifs is 2. The first kappa shape index (κ1) is 48.3. The normalized spacial score (nSPS) is 25.3. The summed E-state index contributed by atoms with van der Waals surface area (Å²) in [7, 11) is -4.77. The van der Waals surface area contributed by atoms with Crippen molar-refractivity contribution in [1.82, 2.24) is 19.6 Å². The summed E-state index contributed by atoms with van der Waals surface area (Å²) < 4.78 is 69.4. The Labute approximate surface area is 418 Å². The lowest BCUT2D eigenvalue weighted by atomic mass is 9.70. The largest absolute Gasteiger partial charge is 0.489 e. The van der Waals surface area contributed by atoms with Gasteiger partial charge in [-0.1, -0.05) is 44.5 Å². The van der Waals surface area contributed by atoms with Crippen molar-refractivity contribution < 1.29 is 46.6 Å². The third kappa shape index (κ3) is 9.32. The molecule has 3 atom stereocenters. The predicted molar refractivity (Wildman–Crippen MR) is 267 cm³/mol. The molecule has 3 saturated heterocycles. The topological polar surface area (TPSA) is 211 Å². The number of likely N-dealkylation sites (tertiary alicyclic amines) is 1. The van der Waals surface area contributed by atoms with E-state index in [4.69, 9.17) is 18.9 Å². The minimum absolute atomic E-state index is 0.0118. The Balaban J connectivity index is 0.846. The van der Waals surface area contributed by atoms with Gasteiger partial charge in [-0.2, -0.15) is 4.98 Å². The quantitative estimate of drug-likeness (QED) is 0.0642. The number of nitro groups is 1. The van der Waals surface area contributed by atoms with Crippen LogP contribution in [0.3, 0.4) is 0 Å². The van der Waals surface area contributed by atoms with Crippen LogP contribution in [0.4, 0.5) is 21.5 Å². The molecular formula is C53H62FN7O10S. The molecule has 1 amide bonds. The number of aliphatic hydroxyl groups is 1. The Morgan fingerprint density at radius 2 is 1.76 bits per heavy atom. The Morgan fingerprint density at radius 1 is 1.00 bits per heavy atom. The standard InChI is InChI=1S/C53H62FN7O10S/c1-31(2)36-7-4-5-8-37(36)38-9-6-10-43(38)60-29-53(30-60)17-19-59(20-18-53)33-11-12-39(45(21-33)71-47-24-40-41(54)25-55-49(40)57-51(47)70-34-26-68-27-34)50(62)58-72(66,67)35-22-44(61(64)65)48-46(23-35)69-28-42(56-48)32-13-15-52(3,63)16-14-32/h4-5,7-8,11-12,21-25,31-32,34,38,42-43,56,63H,6,9-10,13-20,26-30H2,1-3H3,(H,55,57)(H,58,62)/t32-,38-,42+,43-,52-/m0/s1. The van der Waals surface area contributed by atoms with Crippen molar-refractivity contribution in [3.05, 3.63) is 99.5 Å². The molecule has 17 nitrogen and oxygen atoms in total. The van der Waals surface area contributed by atoms with Crippen LogP contribution < -0.4 is 29.1 Å². The highest BCUT2D eigenvalue weighted by Crippen LogP contribution is 2.50. The number of hydrogen-bond donors (Lipinski definition) is 4. The summed E-state index contributed by atoms with van der Waals surface area (Å²) in [5, 5.41) is 26.3. The molecule has 11 rings (SSSR count). The number of sulfonamides is 1. The summed E-state index contributed by atoms with van der Waals surface area (Å²) in [6.07, 6.45) is 8.91. The molecule has 0 radical (unpaired) electrons. The van der Waals surface area contributed by atoms with E-state index in [9.17, 15) is 28.4 Å². The molecule has 1 spiro atoms. The fourth-order valence-electron chi connectivity index (χ4n) is 12.1. The van der Waals surface area contributed by atoms with E-state index in [1.807, 2.05) is 0 Å². The number of halogens is 1. The molecule has 4 aliphatic heterocycles. The summed E-state index contributed by atoms with van der Waals surface area (Å²) in [6, 6.07) is 17.6. The third-order valence-electron chi connectivity index (χ3n) is 16.3. The summed E-state index contributed by atoms with van der Waals surface area (Å²) in [5.74, 6) is -0.663. The number of nitrogens with zero attached hydrogens (tertiary/aromatic N) is 4. The molecule has 6 aliphatic rings. The van der Waals surface area contributed by atoms with Crippen molar-refractivity contribution in [2.45, 2.75) is 119 Å². The predicted octanol–water partition coefficient (Wildman–Crippen LogP) is 8.77. The number of ether oxygens (including phenoxy) is 4. The number of carbonyl (C=O) groups is 1. The van der Waals surface area contributed by atoms with Crippen molar-refractivity contribution in [1.29, 1.82) is 0 Å². The van der Waals surface area contributed by atoms with Crippen molar-refractivity contribution in [2.75, 3.05) is 56.2 Å². The first-order valence-corrected chi connectivity index (χ1v) is 26.8. The molecule has 0 unspecified atom stereocenters. The number of nitrogens with one attached hydrogen (secondary N) is 3. The van der Waals surface area contributed by atoms with Crippen molar-refractivity contribution in [2.24, 2.45) is 11.3 Å². The minimum atomic E-state index is -4.77. The lowest BCUT2D eigenvalue weighted by Gasteiger charge is -2.57. The number of carbonyl (C=O) groups excluding carboxylic acids is 1. The van der Waals surface area contributed by atoms with Gasteiger partial charge in [-0.15, -0.1) is 0 Å². The number of hydrogen-bond acceptors (Lipinski definition) is 14. The molecule has 4 N–H and O–H groups in total. The number of pyridine rings is 1. The van der Waals surface area contributed by atoms with Gasteiger partial charge >= 0.3 is 0 Å². The zero-order valence-corrected chi connectivity index (χ0v) is 41.6. The molecule has 5 aromatic rings. The van der Waals surface area contributed by atoms with E-state index in [1.165, 1.54) is 42.5 Å². The number of aromatic nitrogens is 2. The first-order valence-electron chi connectivity index (χ1n) is 25.4. The number of nitro benzene ring substituents is 1. The molecular weight excluding hydrogens is 946 g/mol. The van der Waals surface area contributed by atoms with Gasteiger partial charge in [-0.25, -0.2) is 17.5 Å². The van der Waals surface area contributed by atoms with E-state index in [0.717, 1.165) is 63.0 Å². The Kier molecular flexibility index (Phi) is 12.6. The maximum Gasteiger partial charge on any atom is 0.297 e. The van der Waals surface area contributed by atoms with Gasteiger partial charge in [-0.3, -0.25) is 19.8 Å².